The van der Waals surface area contributed by atoms with Gasteiger partial charge in [0.05, 0.1) is 0 Å². The van der Waals surface area contributed by atoms with Gasteiger partial charge in [-0.3, -0.25) is 0 Å². The lowest BCUT2D eigenvalue weighted by molar-refractivity contribution is 0.135. The van der Waals surface area contributed by atoms with E-state index in [-0.39, 0.29) is 5.54 Å². The van der Waals surface area contributed by atoms with E-state index >= 15 is 0 Å². The highest BCUT2D eigenvalue weighted by atomic mass is 15.2. The molecule has 0 aromatic heterocycles. The second-order valence-electron chi connectivity index (χ2n) is 5.29. The summed E-state index contributed by atoms with van der Waals surface area (Å²) in [5.74, 6) is 1.29. The van der Waals surface area contributed by atoms with Gasteiger partial charge in [0.15, 0.2) is 0 Å². The molecule has 0 bridgehead atoms. The Hall–Kier alpha value is -0.0800. The van der Waals surface area contributed by atoms with E-state index in [0.717, 1.165) is 13.1 Å². The summed E-state index contributed by atoms with van der Waals surface area (Å²) in [6.45, 7) is 13.1. The van der Waals surface area contributed by atoms with Gasteiger partial charge in [-0.15, -0.1) is 0 Å². The van der Waals surface area contributed by atoms with Crippen LogP contribution >= 0.6 is 0 Å². The molecule has 0 fully saturated rings. The predicted molar refractivity (Wildman–Crippen MR) is 59.8 cm³/mol. The van der Waals surface area contributed by atoms with Crippen molar-refractivity contribution in [3.05, 3.63) is 0 Å². The largest absolute Gasteiger partial charge is 0.330 e. The molecule has 13 heavy (non-hydrogen) atoms. The van der Waals surface area contributed by atoms with Crippen molar-refractivity contribution >= 4 is 0 Å². The van der Waals surface area contributed by atoms with Gasteiger partial charge >= 0.3 is 0 Å². The molecular formula is C11H26N2. The Labute approximate surface area is 83.5 Å². The third-order valence-corrected chi connectivity index (χ3v) is 2.90. The van der Waals surface area contributed by atoms with Crippen LogP contribution in [0.15, 0.2) is 0 Å². The van der Waals surface area contributed by atoms with Crippen LogP contribution in [0.1, 0.15) is 34.6 Å². The van der Waals surface area contributed by atoms with E-state index in [2.05, 4.69) is 46.6 Å². The Morgan fingerprint density at radius 1 is 1.23 bits per heavy atom. The van der Waals surface area contributed by atoms with Gasteiger partial charge in [0, 0.05) is 12.1 Å². The first-order valence-corrected chi connectivity index (χ1v) is 5.20. The lowest BCUT2D eigenvalue weighted by atomic mass is 9.94. The van der Waals surface area contributed by atoms with Gasteiger partial charge in [-0.1, -0.05) is 13.8 Å². The first kappa shape index (κ1) is 12.9. The van der Waals surface area contributed by atoms with Crippen LogP contribution in [0.3, 0.4) is 0 Å². The maximum Gasteiger partial charge on any atom is 0.0122 e. The molecule has 0 aromatic carbocycles. The van der Waals surface area contributed by atoms with Crippen LogP contribution in [0.5, 0.6) is 0 Å². The van der Waals surface area contributed by atoms with Crippen molar-refractivity contribution in [2.75, 3.05) is 20.1 Å². The van der Waals surface area contributed by atoms with Crippen LogP contribution in [0.4, 0.5) is 0 Å². The molecular weight excluding hydrogens is 160 g/mol. The van der Waals surface area contributed by atoms with Crippen molar-refractivity contribution in [3.63, 3.8) is 0 Å². The van der Waals surface area contributed by atoms with Crippen molar-refractivity contribution in [1.29, 1.82) is 0 Å². The molecule has 0 rings (SSSR count). The highest BCUT2D eigenvalue weighted by Gasteiger charge is 2.21. The van der Waals surface area contributed by atoms with Crippen LogP contribution in [-0.4, -0.2) is 30.6 Å². The molecule has 80 valence electrons. The third-order valence-electron chi connectivity index (χ3n) is 2.90. The lowest BCUT2D eigenvalue weighted by Gasteiger charge is -2.35. The van der Waals surface area contributed by atoms with Gasteiger partial charge in [0.1, 0.15) is 0 Å². The molecule has 1 atom stereocenters. The summed E-state index contributed by atoms with van der Waals surface area (Å²) in [6.07, 6.45) is 0. The molecule has 1 unspecified atom stereocenters. The van der Waals surface area contributed by atoms with Gasteiger partial charge in [-0.05, 0) is 46.2 Å². The van der Waals surface area contributed by atoms with Crippen molar-refractivity contribution in [2.24, 2.45) is 17.6 Å². The van der Waals surface area contributed by atoms with E-state index in [1.807, 2.05) is 0 Å². The van der Waals surface area contributed by atoms with E-state index in [4.69, 9.17) is 5.73 Å². The van der Waals surface area contributed by atoms with Crippen LogP contribution in [-0.2, 0) is 0 Å². The molecule has 2 heteroatoms. The minimum absolute atomic E-state index is 0.252. The SMILES string of the molecule is CC(C)C(CN)CN(C)C(C)(C)C. The Morgan fingerprint density at radius 2 is 1.69 bits per heavy atom. The monoisotopic (exact) mass is 186 g/mol. The predicted octanol–water partition coefficient (Wildman–Crippen LogP) is 1.95. The van der Waals surface area contributed by atoms with Crippen LogP contribution in [0.2, 0.25) is 0 Å². The van der Waals surface area contributed by atoms with Crippen molar-refractivity contribution in [3.8, 4) is 0 Å². The minimum atomic E-state index is 0.252. The molecule has 0 aliphatic carbocycles. The summed E-state index contributed by atoms with van der Waals surface area (Å²) in [5, 5.41) is 0. The Bertz CT molecular complexity index is 136. The zero-order valence-corrected chi connectivity index (χ0v) is 10.1. The number of nitrogens with two attached hydrogens (primary N) is 1. The number of rotatable bonds is 4. The highest BCUT2D eigenvalue weighted by Crippen LogP contribution is 2.16. The molecule has 2 nitrogen and oxygen atoms in total. The maximum absolute atomic E-state index is 5.74. The Morgan fingerprint density at radius 3 is 1.92 bits per heavy atom. The average Bonchev–Trinajstić information content (AvgIpc) is 1.96. The van der Waals surface area contributed by atoms with Gasteiger partial charge < -0.3 is 10.6 Å². The fraction of sp³-hybridized carbons (Fsp3) is 1.00. The molecule has 0 aliphatic rings. The number of nitrogens with zero attached hydrogens (tertiary/aromatic N) is 1. The van der Waals surface area contributed by atoms with E-state index < -0.39 is 0 Å². The number of hydrogen-bond acceptors (Lipinski definition) is 2. The molecule has 0 spiro atoms. The van der Waals surface area contributed by atoms with Gasteiger partial charge in [-0.2, -0.15) is 0 Å². The maximum atomic E-state index is 5.74. The fourth-order valence-corrected chi connectivity index (χ4v) is 1.18. The zero-order valence-electron chi connectivity index (χ0n) is 10.1. The fourth-order valence-electron chi connectivity index (χ4n) is 1.18. The van der Waals surface area contributed by atoms with Crippen LogP contribution in [0, 0.1) is 11.8 Å². The molecule has 0 heterocycles. The normalized spacial score (nSPS) is 15.5. The van der Waals surface area contributed by atoms with Crippen LogP contribution in [0.25, 0.3) is 0 Å². The van der Waals surface area contributed by atoms with Crippen molar-refractivity contribution in [1.82, 2.24) is 4.90 Å². The summed E-state index contributed by atoms with van der Waals surface area (Å²) in [5.41, 5.74) is 5.99. The van der Waals surface area contributed by atoms with Crippen molar-refractivity contribution < 1.29 is 0 Å². The topological polar surface area (TPSA) is 29.3 Å². The smallest absolute Gasteiger partial charge is 0.0122 e. The van der Waals surface area contributed by atoms with E-state index in [1.165, 1.54) is 0 Å². The minimum Gasteiger partial charge on any atom is -0.330 e. The zero-order chi connectivity index (χ0) is 10.6. The first-order valence-electron chi connectivity index (χ1n) is 5.20. The Balaban J connectivity index is 4.09. The molecule has 0 aliphatic heterocycles. The second-order valence-corrected chi connectivity index (χ2v) is 5.29. The van der Waals surface area contributed by atoms with Gasteiger partial charge in [-0.25, -0.2) is 0 Å². The summed E-state index contributed by atoms with van der Waals surface area (Å²) >= 11 is 0. The standard InChI is InChI=1S/C11H26N2/c1-9(2)10(7-12)8-13(6)11(3,4)5/h9-10H,7-8,12H2,1-6H3. The summed E-state index contributed by atoms with van der Waals surface area (Å²) in [7, 11) is 2.17. The van der Waals surface area contributed by atoms with Crippen LogP contribution < -0.4 is 5.73 Å². The molecule has 0 saturated heterocycles. The number of hydrogen-bond donors (Lipinski definition) is 1. The molecule has 0 aromatic rings. The molecule has 0 saturated carbocycles. The van der Waals surface area contributed by atoms with E-state index in [0.29, 0.717) is 11.8 Å². The summed E-state index contributed by atoms with van der Waals surface area (Å²) in [6, 6.07) is 0. The third kappa shape index (κ3) is 4.63. The second kappa shape index (κ2) is 4.97. The summed E-state index contributed by atoms with van der Waals surface area (Å²) < 4.78 is 0. The molecule has 2 N–H and O–H groups in total. The lowest BCUT2D eigenvalue weighted by Crippen LogP contribution is -2.43. The Kier molecular flexibility index (Phi) is 4.93. The van der Waals surface area contributed by atoms with Gasteiger partial charge in [0.2, 0.25) is 0 Å². The summed E-state index contributed by atoms with van der Waals surface area (Å²) in [4.78, 5) is 2.38. The first-order chi connectivity index (χ1) is 5.79. The highest BCUT2D eigenvalue weighted by molar-refractivity contribution is 4.77. The van der Waals surface area contributed by atoms with E-state index in [1.54, 1.807) is 0 Å². The van der Waals surface area contributed by atoms with E-state index in [9.17, 15) is 0 Å². The molecule has 0 amide bonds. The van der Waals surface area contributed by atoms with Crippen molar-refractivity contribution in [2.45, 2.75) is 40.2 Å². The molecule has 0 radical (unpaired) electrons. The quantitative estimate of drug-likeness (QED) is 0.727. The average molecular weight is 186 g/mol. The van der Waals surface area contributed by atoms with Gasteiger partial charge in [0.25, 0.3) is 0 Å².